The van der Waals surface area contributed by atoms with Gasteiger partial charge in [0.2, 0.25) is 0 Å². The first-order chi connectivity index (χ1) is 11.0. The van der Waals surface area contributed by atoms with E-state index in [0.717, 1.165) is 25.7 Å². The Morgan fingerprint density at radius 1 is 0.565 bits per heavy atom. The third-order valence-corrected chi connectivity index (χ3v) is 3.75. The lowest BCUT2D eigenvalue weighted by molar-refractivity contribution is -0.127. The molecule has 0 spiro atoms. The molecule has 132 valence electrons. The largest absolute Gasteiger partial charge is 0.396 e. The topological polar surface area (TPSA) is 88.5 Å². The maximum atomic E-state index is 11.7. The number of carbonyl (C=O) groups excluding carboxylic acids is 4. The summed E-state index contributed by atoms with van der Waals surface area (Å²) in [7, 11) is 0. The zero-order chi connectivity index (χ0) is 17.5. The van der Waals surface area contributed by atoms with Crippen molar-refractivity contribution in [2.45, 2.75) is 84.0 Å². The Kier molecular flexibility index (Phi) is 13.4. The van der Waals surface area contributed by atoms with Crippen LogP contribution in [0.25, 0.3) is 0 Å². The van der Waals surface area contributed by atoms with E-state index >= 15 is 0 Å². The van der Waals surface area contributed by atoms with Gasteiger partial charge in [0, 0.05) is 58.0 Å². The van der Waals surface area contributed by atoms with Gasteiger partial charge in [-0.05, 0) is 6.42 Å². The van der Waals surface area contributed by atoms with Gasteiger partial charge in [-0.15, -0.1) is 0 Å². The Morgan fingerprint density at radius 3 is 1.35 bits per heavy atom. The SMILES string of the molecule is CCCCCCC(=O)CCC(=O)CCC(=O)CCC(=O)CCO. The summed E-state index contributed by atoms with van der Waals surface area (Å²) >= 11 is 0. The minimum atomic E-state index is -0.196. The smallest absolute Gasteiger partial charge is 0.135 e. The summed E-state index contributed by atoms with van der Waals surface area (Å²) in [5.74, 6) is -0.200. The fraction of sp³-hybridized carbons (Fsp3) is 0.778. The molecule has 0 saturated carbocycles. The van der Waals surface area contributed by atoms with E-state index in [-0.39, 0.29) is 74.7 Å². The van der Waals surface area contributed by atoms with Crippen molar-refractivity contribution in [3.63, 3.8) is 0 Å². The van der Waals surface area contributed by atoms with E-state index in [0.29, 0.717) is 6.42 Å². The van der Waals surface area contributed by atoms with E-state index < -0.39 is 0 Å². The van der Waals surface area contributed by atoms with Gasteiger partial charge in [-0.2, -0.15) is 0 Å². The fourth-order valence-corrected chi connectivity index (χ4v) is 2.21. The summed E-state index contributed by atoms with van der Waals surface area (Å²) < 4.78 is 0. The summed E-state index contributed by atoms with van der Waals surface area (Å²) in [5, 5.41) is 8.58. The van der Waals surface area contributed by atoms with Crippen molar-refractivity contribution in [3.05, 3.63) is 0 Å². The van der Waals surface area contributed by atoms with Gasteiger partial charge in [0.1, 0.15) is 23.1 Å². The molecule has 0 aromatic carbocycles. The van der Waals surface area contributed by atoms with E-state index in [1.54, 1.807) is 0 Å². The molecule has 1 N–H and O–H groups in total. The van der Waals surface area contributed by atoms with Crippen molar-refractivity contribution in [2.24, 2.45) is 0 Å². The predicted molar refractivity (Wildman–Crippen MR) is 88.2 cm³/mol. The molecule has 0 amide bonds. The summed E-state index contributed by atoms with van der Waals surface area (Å²) in [6.45, 7) is 1.92. The van der Waals surface area contributed by atoms with Gasteiger partial charge < -0.3 is 5.11 Å². The maximum absolute atomic E-state index is 11.7. The number of ketones is 4. The zero-order valence-corrected chi connectivity index (χ0v) is 14.3. The average molecular weight is 326 g/mol. The Hall–Kier alpha value is -1.36. The van der Waals surface area contributed by atoms with Crippen LogP contribution in [0.4, 0.5) is 0 Å². The average Bonchev–Trinajstić information content (AvgIpc) is 2.53. The molecule has 0 unspecified atom stereocenters. The molecule has 0 aliphatic heterocycles. The van der Waals surface area contributed by atoms with Crippen molar-refractivity contribution in [3.8, 4) is 0 Å². The van der Waals surface area contributed by atoms with E-state index in [2.05, 4.69) is 6.92 Å². The van der Waals surface area contributed by atoms with Crippen LogP contribution < -0.4 is 0 Å². The van der Waals surface area contributed by atoms with E-state index in [9.17, 15) is 19.2 Å². The lowest BCUT2D eigenvalue weighted by Gasteiger charge is -2.02. The van der Waals surface area contributed by atoms with Crippen LogP contribution in [0.1, 0.15) is 84.0 Å². The summed E-state index contributed by atoms with van der Waals surface area (Å²) in [4.78, 5) is 46.0. The van der Waals surface area contributed by atoms with E-state index in [1.807, 2.05) is 0 Å². The molecule has 0 atom stereocenters. The van der Waals surface area contributed by atoms with E-state index in [1.165, 1.54) is 0 Å². The standard InChI is InChI=1S/C18H30O5/c1-2-3-4-5-6-15(20)7-8-16(21)9-10-17(22)11-12-18(23)13-14-19/h19H,2-14H2,1H3. The maximum Gasteiger partial charge on any atom is 0.135 e. The van der Waals surface area contributed by atoms with Gasteiger partial charge in [-0.3, -0.25) is 19.2 Å². The molecule has 0 aliphatic rings. The van der Waals surface area contributed by atoms with Crippen molar-refractivity contribution in [1.82, 2.24) is 0 Å². The molecule has 0 rings (SSSR count). The number of hydrogen-bond donors (Lipinski definition) is 1. The van der Waals surface area contributed by atoms with Crippen molar-refractivity contribution >= 4 is 23.1 Å². The fourth-order valence-electron chi connectivity index (χ4n) is 2.21. The molecular weight excluding hydrogens is 296 g/mol. The molecule has 0 saturated heterocycles. The molecule has 0 aromatic rings. The molecule has 23 heavy (non-hydrogen) atoms. The Labute approximate surface area is 138 Å². The third-order valence-electron chi connectivity index (χ3n) is 3.75. The Morgan fingerprint density at radius 2 is 0.957 bits per heavy atom. The second kappa shape index (κ2) is 14.2. The lowest BCUT2D eigenvalue weighted by Crippen LogP contribution is -2.09. The monoisotopic (exact) mass is 326 g/mol. The van der Waals surface area contributed by atoms with E-state index in [4.69, 9.17) is 5.11 Å². The number of rotatable bonds is 16. The number of carbonyl (C=O) groups is 4. The normalized spacial score (nSPS) is 10.5. The van der Waals surface area contributed by atoms with Crippen LogP contribution in [0.2, 0.25) is 0 Å². The van der Waals surface area contributed by atoms with Crippen LogP contribution >= 0.6 is 0 Å². The molecular formula is C18H30O5. The highest BCUT2D eigenvalue weighted by atomic mass is 16.3. The molecule has 5 heteroatoms. The molecule has 0 bridgehead atoms. The predicted octanol–water partition coefficient (Wildman–Crippen LogP) is 2.96. The minimum Gasteiger partial charge on any atom is -0.396 e. The van der Waals surface area contributed by atoms with Crippen LogP contribution in [-0.4, -0.2) is 34.8 Å². The highest BCUT2D eigenvalue weighted by Crippen LogP contribution is 2.08. The summed E-state index contributed by atoms with van der Waals surface area (Å²) in [6, 6.07) is 0. The van der Waals surface area contributed by atoms with Gasteiger partial charge in [0.15, 0.2) is 0 Å². The zero-order valence-electron chi connectivity index (χ0n) is 14.3. The minimum absolute atomic E-state index is 0.0676. The second-order valence-electron chi connectivity index (χ2n) is 5.94. The third kappa shape index (κ3) is 14.0. The van der Waals surface area contributed by atoms with Crippen molar-refractivity contribution in [1.29, 1.82) is 0 Å². The first-order valence-corrected chi connectivity index (χ1v) is 8.67. The summed E-state index contributed by atoms with van der Waals surface area (Å²) in [6.07, 6.45) is 5.85. The molecule has 5 nitrogen and oxygen atoms in total. The summed E-state index contributed by atoms with van der Waals surface area (Å²) in [5.41, 5.74) is 0. The van der Waals surface area contributed by atoms with Gasteiger partial charge in [-0.1, -0.05) is 26.2 Å². The van der Waals surface area contributed by atoms with Gasteiger partial charge >= 0.3 is 0 Å². The first kappa shape index (κ1) is 21.6. The number of hydrogen-bond acceptors (Lipinski definition) is 5. The highest BCUT2D eigenvalue weighted by molar-refractivity contribution is 5.90. The molecule has 0 radical (unpaired) electrons. The van der Waals surface area contributed by atoms with Crippen molar-refractivity contribution < 1.29 is 24.3 Å². The van der Waals surface area contributed by atoms with Crippen LogP contribution in [0.3, 0.4) is 0 Å². The molecule has 0 fully saturated rings. The van der Waals surface area contributed by atoms with Crippen molar-refractivity contribution in [2.75, 3.05) is 6.61 Å². The van der Waals surface area contributed by atoms with Crippen LogP contribution in [0, 0.1) is 0 Å². The van der Waals surface area contributed by atoms with Crippen LogP contribution in [0.5, 0.6) is 0 Å². The van der Waals surface area contributed by atoms with Gasteiger partial charge in [0.25, 0.3) is 0 Å². The number of Topliss-reactive ketones (excluding diaryl/α,β-unsaturated/α-hetero) is 4. The van der Waals surface area contributed by atoms with Gasteiger partial charge in [0.05, 0.1) is 0 Å². The highest BCUT2D eigenvalue weighted by Gasteiger charge is 2.11. The Bertz CT molecular complexity index is 387. The van der Waals surface area contributed by atoms with Gasteiger partial charge in [-0.25, -0.2) is 0 Å². The number of unbranched alkanes of at least 4 members (excludes halogenated alkanes) is 3. The van der Waals surface area contributed by atoms with Crippen LogP contribution in [-0.2, 0) is 19.2 Å². The number of aliphatic hydroxyl groups is 1. The lowest BCUT2D eigenvalue weighted by atomic mass is 10.0. The molecule has 0 heterocycles. The molecule has 0 aromatic heterocycles. The Balaban J connectivity index is 3.67. The first-order valence-electron chi connectivity index (χ1n) is 8.67. The molecule has 0 aliphatic carbocycles. The second-order valence-corrected chi connectivity index (χ2v) is 5.94. The number of aliphatic hydroxyl groups excluding tert-OH is 1. The quantitative estimate of drug-likeness (QED) is 0.441. The van der Waals surface area contributed by atoms with Crippen LogP contribution in [0.15, 0.2) is 0 Å².